The van der Waals surface area contributed by atoms with Crippen LogP contribution in [0.1, 0.15) is 97.8 Å². The van der Waals surface area contributed by atoms with Crippen LogP contribution in [0.15, 0.2) is 60.6 Å². The molecule has 1 N–H and O–H groups in total. The number of pyridine rings is 2. The Morgan fingerprint density at radius 2 is 1.63 bits per heavy atom. The third kappa shape index (κ3) is 7.10. The van der Waals surface area contributed by atoms with Gasteiger partial charge >= 0.3 is 0 Å². The maximum absolute atomic E-state index is 11.7. The Bertz CT molecular complexity index is 1600. The molecule has 5 rings (SSSR count). The topological polar surface area (TPSA) is 63.1 Å². The first-order valence-corrected chi connectivity index (χ1v) is 15.7. The van der Waals surface area contributed by atoms with Crippen LogP contribution in [0.5, 0.6) is 0 Å². The van der Waals surface area contributed by atoms with E-state index >= 15 is 0 Å². The van der Waals surface area contributed by atoms with Gasteiger partial charge in [0.25, 0.3) is 0 Å². The second kappa shape index (κ2) is 14.7. The third-order valence-electron chi connectivity index (χ3n) is 8.88. The van der Waals surface area contributed by atoms with Crippen molar-refractivity contribution in [2.45, 2.75) is 92.9 Å². The smallest absolute Gasteiger partial charge is 0.162 e. The molecule has 0 amide bonds. The fourth-order valence-electron chi connectivity index (χ4n) is 6.44. The zero-order chi connectivity index (χ0) is 30.6. The molecule has 0 fully saturated rings. The summed E-state index contributed by atoms with van der Waals surface area (Å²) < 4.78 is 0. The van der Waals surface area contributed by atoms with Crippen LogP contribution in [-0.2, 0) is 36.7 Å². The minimum atomic E-state index is -0.152. The van der Waals surface area contributed by atoms with E-state index in [1.807, 2.05) is 46.2 Å². The van der Waals surface area contributed by atoms with Crippen molar-refractivity contribution in [3.63, 3.8) is 0 Å². The molecule has 1 aliphatic rings. The van der Waals surface area contributed by atoms with E-state index in [1.165, 1.54) is 33.5 Å². The molecule has 0 saturated carbocycles. The molecule has 1 aliphatic carbocycles. The molecule has 2 aromatic carbocycles. The van der Waals surface area contributed by atoms with Gasteiger partial charge in [-0.05, 0) is 82.6 Å². The number of allylic oxidation sites excluding steroid dienone is 2. The molecule has 5 heteroatoms. The summed E-state index contributed by atoms with van der Waals surface area (Å²) in [5.41, 5.74) is 7.06. The van der Waals surface area contributed by atoms with Gasteiger partial charge in [0.1, 0.15) is 0 Å². The van der Waals surface area contributed by atoms with Crippen molar-refractivity contribution in [1.82, 2.24) is 9.97 Å². The Balaban J connectivity index is 0.000000274. The Morgan fingerprint density at radius 1 is 0.953 bits per heavy atom. The van der Waals surface area contributed by atoms with Crippen molar-refractivity contribution in [3.8, 4) is 11.3 Å². The Hall–Kier alpha value is -2.88. The molecule has 1 radical (unpaired) electrons. The fraction of sp³-hybridized carbons (Fsp3) is 0.447. The predicted octanol–water partition coefficient (Wildman–Crippen LogP) is 9.96. The SMILES string of the molecule is CC(C)Cc1cc2c3c(nccc3c1)-c1[c-]cc3cccnc3c1C2(C)C.CCC(CC)C(=O)/C=C(\O)C(CC)CC.[Ir]. The molecule has 2 aromatic heterocycles. The van der Waals surface area contributed by atoms with Gasteiger partial charge in [0.15, 0.2) is 5.78 Å². The molecule has 2 heterocycles. The molecule has 0 atom stereocenters. The van der Waals surface area contributed by atoms with Gasteiger partial charge in [-0.1, -0.05) is 90.6 Å². The number of rotatable bonds is 9. The maximum atomic E-state index is 11.7. The van der Waals surface area contributed by atoms with Crippen LogP contribution in [0.3, 0.4) is 0 Å². The zero-order valence-corrected chi connectivity index (χ0v) is 29.4. The molecule has 4 aromatic rings. The normalized spacial score (nSPS) is 13.6. The van der Waals surface area contributed by atoms with Gasteiger partial charge < -0.3 is 10.1 Å². The number of nitrogens with zero attached hydrogens (tertiary/aromatic N) is 2. The van der Waals surface area contributed by atoms with Gasteiger partial charge in [-0.15, -0.1) is 17.7 Å². The average molecular weight is 756 g/mol. The van der Waals surface area contributed by atoms with Gasteiger partial charge in [0.05, 0.1) is 5.76 Å². The first kappa shape index (κ1) is 34.6. The van der Waals surface area contributed by atoms with Gasteiger partial charge in [-0.25, -0.2) is 0 Å². The van der Waals surface area contributed by atoms with E-state index in [1.54, 1.807) is 0 Å². The Morgan fingerprint density at radius 3 is 2.26 bits per heavy atom. The summed E-state index contributed by atoms with van der Waals surface area (Å²) in [5.74, 6) is 1.18. The Labute approximate surface area is 271 Å². The summed E-state index contributed by atoms with van der Waals surface area (Å²) in [6.45, 7) is 17.3. The zero-order valence-electron chi connectivity index (χ0n) is 27.0. The van der Waals surface area contributed by atoms with Crippen LogP contribution in [0.25, 0.3) is 32.9 Å². The second-order valence-corrected chi connectivity index (χ2v) is 12.6. The molecule has 0 unspecified atom stereocenters. The maximum Gasteiger partial charge on any atom is 0.162 e. The summed E-state index contributed by atoms with van der Waals surface area (Å²) in [4.78, 5) is 21.2. The van der Waals surface area contributed by atoms with E-state index in [0.29, 0.717) is 5.92 Å². The summed E-state index contributed by atoms with van der Waals surface area (Å²) in [6.07, 6.45) is 9.81. The van der Waals surface area contributed by atoms with Crippen LogP contribution in [0.4, 0.5) is 0 Å². The fourth-order valence-corrected chi connectivity index (χ4v) is 6.44. The number of benzene rings is 2. The molecule has 0 saturated heterocycles. The minimum Gasteiger partial charge on any atom is -0.512 e. The van der Waals surface area contributed by atoms with E-state index in [0.717, 1.165) is 54.3 Å². The first-order chi connectivity index (χ1) is 20.1. The predicted molar refractivity (Wildman–Crippen MR) is 176 cm³/mol. The quantitative estimate of drug-likeness (QED) is 0.105. The molecule has 0 bridgehead atoms. The first-order valence-electron chi connectivity index (χ1n) is 15.7. The van der Waals surface area contributed by atoms with Crippen molar-refractivity contribution < 1.29 is 30.0 Å². The second-order valence-electron chi connectivity index (χ2n) is 12.6. The van der Waals surface area contributed by atoms with E-state index in [4.69, 9.17) is 9.97 Å². The van der Waals surface area contributed by atoms with Crippen LogP contribution in [0.2, 0.25) is 0 Å². The number of carbonyl (C=O) groups excluding carboxylic acids is 1. The minimum absolute atomic E-state index is 0. The van der Waals surface area contributed by atoms with Crippen molar-refractivity contribution in [3.05, 3.63) is 83.4 Å². The number of ketones is 1. The van der Waals surface area contributed by atoms with Crippen molar-refractivity contribution in [1.29, 1.82) is 0 Å². The summed E-state index contributed by atoms with van der Waals surface area (Å²) >= 11 is 0. The van der Waals surface area contributed by atoms with Gasteiger partial charge in [-0.3, -0.25) is 9.78 Å². The number of aromatic nitrogens is 2. The van der Waals surface area contributed by atoms with Crippen LogP contribution >= 0.6 is 0 Å². The van der Waals surface area contributed by atoms with Crippen molar-refractivity contribution >= 4 is 27.5 Å². The van der Waals surface area contributed by atoms with E-state index in [9.17, 15) is 9.90 Å². The molecule has 231 valence electrons. The van der Waals surface area contributed by atoms with Gasteiger partial charge in [0.2, 0.25) is 0 Å². The molecule has 43 heavy (non-hydrogen) atoms. The van der Waals surface area contributed by atoms with Crippen molar-refractivity contribution in [2.24, 2.45) is 17.8 Å². The standard InChI is InChI=1S/C25H23N2.C13H24O2.Ir/c1-15(2)12-16-13-18-9-11-27-24-19-8-7-17-6-5-10-26-23(17)22(19)25(3,4)20(14-16)21(18)24;1-5-10(6-2)12(14)9-13(15)11(7-3)8-4;/h5-7,9-11,13-15H,12H2,1-4H3;9-11,14H,5-8H2,1-4H3;/q-1;;/b;12-9-;. The van der Waals surface area contributed by atoms with Crippen LogP contribution < -0.4 is 0 Å². The summed E-state index contributed by atoms with van der Waals surface area (Å²) in [6, 6.07) is 16.6. The summed E-state index contributed by atoms with van der Waals surface area (Å²) in [7, 11) is 0. The van der Waals surface area contributed by atoms with Crippen LogP contribution in [-0.4, -0.2) is 20.9 Å². The molecule has 0 aliphatic heterocycles. The van der Waals surface area contributed by atoms with E-state index in [-0.39, 0.29) is 48.9 Å². The molecular weight excluding hydrogens is 709 g/mol. The monoisotopic (exact) mass is 756 g/mol. The number of fused-ring (bicyclic) bond motifs is 4. The van der Waals surface area contributed by atoms with Crippen molar-refractivity contribution in [2.75, 3.05) is 0 Å². The Kier molecular flexibility index (Phi) is 11.9. The van der Waals surface area contributed by atoms with E-state index in [2.05, 4.69) is 64.1 Å². The van der Waals surface area contributed by atoms with Gasteiger partial charge in [-0.2, -0.15) is 0 Å². The number of aliphatic hydroxyl groups excluding tert-OH is 1. The number of aliphatic hydroxyl groups is 1. The van der Waals surface area contributed by atoms with Crippen LogP contribution in [0, 0.1) is 23.8 Å². The molecular formula is C38H47IrN2O2-. The van der Waals surface area contributed by atoms with Gasteiger partial charge in [0, 0.05) is 50.4 Å². The number of carbonyl (C=O) groups is 1. The van der Waals surface area contributed by atoms with E-state index < -0.39 is 0 Å². The number of hydrogen-bond acceptors (Lipinski definition) is 4. The average Bonchev–Trinajstić information content (AvgIpc) is 2.96. The molecule has 0 spiro atoms. The molecule has 4 nitrogen and oxygen atoms in total. The number of hydrogen-bond donors (Lipinski definition) is 1. The summed E-state index contributed by atoms with van der Waals surface area (Å²) in [5, 5.41) is 13.4. The third-order valence-corrected chi connectivity index (χ3v) is 8.88. The largest absolute Gasteiger partial charge is 0.512 e.